The number of hydrogen-bond acceptors (Lipinski definition) is 7. The largest absolute Gasteiger partial charge is 0.392 e. The van der Waals surface area contributed by atoms with E-state index < -0.39 is 0 Å². The molecule has 0 aliphatic carbocycles. The van der Waals surface area contributed by atoms with Crippen LogP contribution in [-0.4, -0.2) is 30.0 Å². The van der Waals surface area contributed by atoms with Crippen molar-refractivity contribution in [1.29, 1.82) is 0 Å². The second kappa shape index (κ2) is 17.8. The second-order valence-corrected chi connectivity index (χ2v) is 19.1. The van der Waals surface area contributed by atoms with Crippen molar-refractivity contribution in [1.82, 2.24) is 24.9 Å². The highest BCUT2D eigenvalue weighted by Crippen LogP contribution is 2.35. The van der Waals surface area contributed by atoms with Gasteiger partial charge in [0.15, 0.2) is 5.82 Å². The third kappa shape index (κ3) is 10.1. The molecule has 0 spiro atoms. The van der Waals surface area contributed by atoms with Gasteiger partial charge in [0.1, 0.15) is 0 Å². The Labute approximate surface area is 364 Å². The molecule has 7 heteroatoms. The molecule has 4 aromatic heterocycles. The molecule has 61 heavy (non-hydrogen) atoms. The van der Waals surface area contributed by atoms with Crippen LogP contribution < -0.4 is 0 Å². The highest BCUT2D eigenvalue weighted by atomic mass is 32.1. The molecular formula is C54H55N5OS. The average molecular weight is 822 g/mol. The molecule has 0 aliphatic rings. The van der Waals surface area contributed by atoms with Gasteiger partial charge >= 0.3 is 0 Å². The number of aliphatic hydroxyl groups is 1. The van der Waals surface area contributed by atoms with E-state index in [0.29, 0.717) is 0 Å². The topological polar surface area (TPSA) is 84.7 Å². The molecule has 1 N–H and O–H groups in total. The molecule has 0 amide bonds. The maximum atomic E-state index is 9.38. The summed E-state index contributed by atoms with van der Waals surface area (Å²) in [6.45, 7) is 20.0. The van der Waals surface area contributed by atoms with E-state index in [9.17, 15) is 5.11 Å². The van der Waals surface area contributed by atoms with E-state index in [0.717, 1.165) is 72.6 Å². The van der Waals surface area contributed by atoms with Crippen LogP contribution in [0.25, 0.3) is 66.7 Å². The molecule has 9 aromatic rings. The van der Waals surface area contributed by atoms with Crippen LogP contribution in [0.3, 0.4) is 0 Å². The predicted octanol–water partition coefficient (Wildman–Crippen LogP) is 13.9. The molecule has 5 aromatic carbocycles. The standard InChI is InChI=1S/C20H21NO.C18H18N2.C16H16N2S/c1-20(2,3)17-12-18(15-7-5-4-6-8-15)21-19-11-14(13-22)9-10-16(17)19;1-18(2,3)16-14-11-7-8-12-15(14)19-17(20-16)13-9-5-4-6-10-13;1-16(2,3)12-8-14(15-9-19-10-17-15)18-13-7-5-4-6-11(12)13/h4-12,22H,13H2,1-3H3;4-12H,1-3H3;4-10H,1-3H3. The first kappa shape index (κ1) is 43.0. The molecule has 0 unspecified atom stereocenters. The SMILES string of the molecule is CC(C)(C)c1cc(-c2ccccc2)nc2cc(CO)ccc12.CC(C)(C)c1cc(-c2cscn2)nc2ccccc12.CC(C)(C)c1nc(-c2ccccc2)nc2ccccc12. The quantitative estimate of drug-likeness (QED) is 0.190. The van der Waals surface area contributed by atoms with Crippen molar-refractivity contribution >= 4 is 44.0 Å². The van der Waals surface area contributed by atoms with Gasteiger partial charge in [0.2, 0.25) is 0 Å². The van der Waals surface area contributed by atoms with Gasteiger partial charge in [-0.15, -0.1) is 11.3 Å². The maximum Gasteiger partial charge on any atom is 0.160 e. The molecule has 0 fully saturated rings. The Morgan fingerprint density at radius 2 is 0.984 bits per heavy atom. The predicted molar refractivity (Wildman–Crippen MR) is 257 cm³/mol. The van der Waals surface area contributed by atoms with Crippen LogP contribution >= 0.6 is 11.3 Å². The lowest BCUT2D eigenvalue weighted by Crippen LogP contribution is -2.15. The smallest absolute Gasteiger partial charge is 0.160 e. The van der Waals surface area contributed by atoms with Gasteiger partial charge < -0.3 is 5.11 Å². The zero-order valence-corrected chi connectivity index (χ0v) is 37.5. The van der Waals surface area contributed by atoms with E-state index in [4.69, 9.17) is 19.9 Å². The summed E-state index contributed by atoms with van der Waals surface area (Å²) >= 11 is 1.60. The lowest BCUT2D eigenvalue weighted by Gasteiger charge is -2.22. The lowest BCUT2D eigenvalue weighted by molar-refractivity contribution is 0.282. The number of rotatable bonds is 4. The number of para-hydroxylation sites is 2. The number of fused-ring (bicyclic) bond motifs is 3. The number of aliphatic hydroxyl groups excluding tert-OH is 1. The van der Waals surface area contributed by atoms with Crippen LogP contribution in [0.4, 0.5) is 0 Å². The summed E-state index contributed by atoms with van der Waals surface area (Å²) in [5.74, 6) is 0.800. The van der Waals surface area contributed by atoms with Gasteiger partial charge in [-0.1, -0.05) is 172 Å². The molecule has 0 bridgehead atoms. The van der Waals surface area contributed by atoms with Crippen molar-refractivity contribution in [2.45, 2.75) is 85.2 Å². The van der Waals surface area contributed by atoms with E-state index in [1.54, 1.807) is 11.3 Å². The third-order valence-electron chi connectivity index (χ3n) is 10.5. The second-order valence-electron chi connectivity index (χ2n) is 18.4. The molecule has 0 aliphatic heterocycles. The Morgan fingerprint density at radius 1 is 0.459 bits per heavy atom. The van der Waals surface area contributed by atoms with Crippen LogP contribution in [0, 0.1) is 0 Å². The number of aromatic nitrogens is 5. The number of benzene rings is 5. The molecule has 9 rings (SSSR count). The van der Waals surface area contributed by atoms with Gasteiger partial charge in [-0.25, -0.2) is 24.9 Å². The first-order valence-electron chi connectivity index (χ1n) is 20.8. The van der Waals surface area contributed by atoms with Gasteiger partial charge in [0.05, 0.1) is 51.4 Å². The fourth-order valence-electron chi connectivity index (χ4n) is 7.38. The van der Waals surface area contributed by atoms with Crippen molar-refractivity contribution < 1.29 is 5.11 Å². The molecule has 0 saturated heterocycles. The average Bonchev–Trinajstić information content (AvgIpc) is 3.81. The molecule has 308 valence electrons. The molecule has 4 heterocycles. The van der Waals surface area contributed by atoms with Crippen molar-refractivity contribution in [2.24, 2.45) is 0 Å². The van der Waals surface area contributed by atoms with Crippen LogP contribution in [-0.2, 0) is 22.9 Å². The summed E-state index contributed by atoms with van der Waals surface area (Å²) in [5.41, 5.74) is 14.6. The number of hydrogen-bond donors (Lipinski definition) is 1. The fraction of sp³-hybridized carbons (Fsp3) is 0.241. The van der Waals surface area contributed by atoms with Gasteiger partial charge in [0, 0.05) is 38.1 Å². The van der Waals surface area contributed by atoms with Crippen LogP contribution in [0.5, 0.6) is 0 Å². The van der Waals surface area contributed by atoms with Gasteiger partial charge in [0.25, 0.3) is 0 Å². The molecule has 0 radical (unpaired) electrons. The molecule has 0 atom stereocenters. The van der Waals surface area contributed by atoms with E-state index in [-0.39, 0.29) is 22.9 Å². The Bertz CT molecular complexity index is 2890. The lowest BCUT2D eigenvalue weighted by atomic mass is 9.83. The molecule has 0 saturated carbocycles. The van der Waals surface area contributed by atoms with Crippen LogP contribution in [0.1, 0.15) is 84.7 Å². The highest BCUT2D eigenvalue weighted by Gasteiger charge is 2.22. The highest BCUT2D eigenvalue weighted by molar-refractivity contribution is 7.07. The number of nitrogens with zero attached hydrogens (tertiary/aromatic N) is 5. The monoisotopic (exact) mass is 821 g/mol. The summed E-state index contributed by atoms with van der Waals surface area (Å²) in [6, 6.07) is 47.3. The minimum atomic E-state index is -0.00786. The van der Waals surface area contributed by atoms with E-state index in [1.807, 2.05) is 77.6 Å². The number of thiazole rings is 1. The minimum absolute atomic E-state index is 0.00786. The van der Waals surface area contributed by atoms with Crippen molar-refractivity contribution in [3.63, 3.8) is 0 Å². The Kier molecular flexibility index (Phi) is 12.6. The number of pyridine rings is 2. The van der Waals surface area contributed by atoms with Crippen LogP contribution in [0.15, 0.2) is 150 Å². The van der Waals surface area contributed by atoms with Gasteiger partial charge in [-0.05, 0) is 57.9 Å². The first-order valence-corrected chi connectivity index (χ1v) is 21.8. The summed E-state index contributed by atoms with van der Waals surface area (Å²) in [4.78, 5) is 23.5. The Balaban J connectivity index is 0.000000138. The first-order chi connectivity index (χ1) is 29.1. The summed E-state index contributed by atoms with van der Waals surface area (Å²) in [7, 11) is 0. The third-order valence-corrected chi connectivity index (χ3v) is 11.1. The van der Waals surface area contributed by atoms with Crippen molar-refractivity contribution in [3.8, 4) is 34.0 Å². The molecular weight excluding hydrogens is 767 g/mol. The van der Waals surface area contributed by atoms with Crippen molar-refractivity contribution in [3.05, 3.63) is 173 Å². The Morgan fingerprint density at radius 3 is 1.56 bits per heavy atom. The normalized spacial score (nSPS) is 11.8. The maximum absolute atomic E-state index is 9.38. The zero-order valence-electron chi connectivity index (χ0n) is 36.7. The van der Waals surface area contributed by atoms with E-state index in [1.165, 1.54) is 16.5 Å². The van der Waals surface area contributed by atoms with E-state index >= 15 is 0 Å². The summed E-state index contributed by atoms with van der Waals surface area (Å²) in [5, 5.41) is 15.0. The van der Waals surface area contributed by atoms with Gasteiger partial charge in [-0.3, -0.25) is 0 Å². The fourth-order valence-corrected chi connectivity index (χ4v) is 7.93. The zero-order chi connectivity index (χ0) is 43.4. The molecule has 6 nitrogen and oxygen atoms in total. The summed E-state index contributed by atoms with van der Waals surface area (Å²) < 4.78 is 0. The van der Waals surface area contributed by atoms with Crippen molar-refractivity contribution in [2.75, 3.05) is 0 Å². The Hall–Kier alpha value is -6.15. The van der Waals surface area contributed by atoms with Gasteiger partial charge in [-0.2, -0.15) is 0 Å². The summed E-state index contributed by atoms with van der Waals surface area (Å²) in [6.07, 6.45) is 0. The van der Waals surface area contributed by atoms with Crippen LogP contribution in [0.2, 0.25) is 0 Å². The minimum Gasteiger partial charge on any atom is -0.392 e. The van der Waals surface area contributed by atoms with E-state index in [2.05, 4.69) is 140 Å².